The summed E-state index contributed by atoms with van der Waals surface area (Å²) in [4.78, 5) is 25.0. The molecule has 150 valence electrons. The van der Waals surface area contributed by atoms with Gasteiger partial charge < -0.3 is 10.1 Å². The zero-order chi connectivity index (χ0) is 20.8. The van der Waals surface area contributed by atoms with E-state index in [0.29, 0.717) is 10.6 Å². The van der Waals surface area contributed by atoms with Crippen LogP contribution in [0.3, 0.4) is 0 Å². The third-order valence-corrected chi connectivity index (χ3v) is 4.65. The number of carbonyl (C=O) groups excluding carboxylic acids is 2. The average Bonchev–Trinajstić information content (AvgIpc) is 3.25. The van der Waals surface area contributed by atoms with Crippen molar-refractivity contribution < 1.29 is 14.3 Å². The molecular weight excluding hydrogens is 390 g/mol. The van der Waals surface area contributed by atoms with E-state index in [1.165, 1.54) is 0 Å². The van der Waals surface area contributed by atoms with E-state index in [1.54, 1.807) is 35.1 Å². The predicted octanol–water partition coefficient (Wildman–Crippen LogP) is 4.02. The molecule has 0 aliphatic heterocycles. The molecule has 0 aliphatic rings. The van der Waals surface area contributed by atoms with E-state index < -0.39 is 12.0 Å². The summed E-state index contributed by atoms with van der Waals surface area (Å²) in [6.45, 7) is 3.83. The van der Waals surface area contributed by atoms with E-state index in [9.17, 15) is 9.59 Å². The number of hydrogen-bond donors (Lipinski definition) is 1. The fourth-order valence-electron chi connectivity index (χ4n) is 2.73. The van der Waals surface area contributed by atoms with E-state index in [4.69, 9.17) is 16.3 Å². The molecule has 3 rings (SSSR count). The Bertz CT molecular complexity index is 952. The van der Waals surface area contributed by atoms with Gasteiger partial charge in [-0.2, -0.15) is 5.10 Å². The van der Waals surface area contributed by atoms with Crippen LogP contribution in [0.5, 0.6) is 0 Å². The van der Waals surface area contributed by atoms with Gasteiger partial charge >= 0.3 is 5.97 Å². The molecule has 0 saturated heterocycles. The third-order valence-electron chi connectivity index (χ3n) is 4.40. The van der Waals surface area contributed by atoms with Gasteiger partial charge in [-0.3, -0.25) is 4.79 Å². The van der Waals surface area contributed by atoms with Crippen LogP contribution >= 0.6 is 11.6 Å². The molecule has 1 heterocycles. The molecule has 2 aromatic carbocycles. The summed E-state index contributed by atoms with van der Waals surface area (Å²) in [5.74, 6) is -0.944. The second-order valence-electron chi connectivity index (χ2n) is 6.93. The molecule has 0 spiro atoms. The Kier molecular flexibility index (Phi) is 6.67. The number of ether oxygens (including phenoxy) is 1. The molecule has 3 aromatic rings. The summed E-state index contributed by atoms with van der Waals surface area (Å²) in [7, 11) is 0. The zero-order valence-electron chi connectivity index (χ0n) is 16.2. The number of nitrogens with zero attached hydrogens (tertiary/aromatic N) is 2. The van der Waals surface area contributed by atoms with Crippen LogP contribution in [-0.4, -0.2) is 27.7 Å². The highest BCUT2D eigenvalue weighted by Gasteiger charge is 2.26. The van der Waals surface area contributed by atoms with Crippen molar-refractivity contribution in [3.8, 4) is 5.69 Å². The number of benzene rings is 2. The van der Waals surface area contributed by atoms with Crippen LogP contribution in [0.1, 0.15) is 29.8 Å². The van der Waals surface area contributed by atoms with Gasteiger partial charge in [-0.1, -0.05) is 37.6 Å². The minimum atomic E-state index is -0.749. The summed E-state index contributed by atoms with van der Waals surface area (Å²) in [6.07, 6.45) is 3.56. The molecule has 29 heavy (non-hydrogen) atoms. The van der Waals surface area contributed by atoms with Gasteiger partial charge in [0.05, 0.1) is 5.69 Å². The van der Waals surface area contributed by atoms with Gasteiger partial charge in [0, 0.05) is 23.0 Å². The first-order chi connectivity index (χ1) is 13.9. The topological polar surface area (TPSA) is 73.2 Å². The summed E-state index contributed by atoms with van der Waals surface area (Å²) in [5.41, 5.74) is 2.20. The number of nitrogens with one attached hydrogen (secondary N) is 1. The number of aromatic nitrogens is 2. The molecule has 0 bridgehead atoms. The smallest absolute Gasteiger partial charge is 0.329 e. The SMILES string of the molecule is CC(C)[C@H](NC(=O)c1ccc(Cl)cc1)C(=O)OCc1ccc(-n2cccn2)cc1. The summed E-state index contributed by atoms with van der Waals surface area (Å²) in [6, 6.07) is 15.1. The maximum atomic E-state index is 12.6. The number of carbonyl (C=O) groups is 2. The minimum Gasteiger partial charge on any atom is -0.459 e. The first-order valence-corrected chi connectivity index (χ1v) is 9.64. The van der Waals surface area contributed by atoms with Crippen LogP contribution in [0.15, 0.2) is 67.0 Å². The Hall–Kier alpha value is -3.12. The molecule has 1 atom stereocenters. The Morgan fingerprint density at radius 3 is 2.38 bits per heavy atom. The lowest BCUT2D eigenvalue weighted by Gasteiger charge is -2.21. The Morgan fingerprint density at radius 1 is 1.10 bits per heavy atom. The minimum absolute atomic E-state index is 0.123. The highest BCUT2D eigenvalue weighted by atomic mass is 35.5. The summed E-state index contributed by atoms with van der Waals surface area (Å²) in [5, 5.41) is 7.46. The van der Waals surface area contributed by atoms with Crippen LogP contribution < -0.4 is 5.32 Å². The van der Waals surface area contributed by atoms with Crippen molar-refractivity contribution in [3.63, 3.8) is 0 Å². The second-order valence-corrected chi connectivity index (χ2v) is 7.36. The highest BCUT2D eigenvalue weighted by Crippen LogP contribution is 2.13. The van der Waals surface area contributed by atoms with Crippen molar-refractivity contribution in [1.29, 1.82) is 0 Å². The number of amides is 1. The van der Waals surface area contributed by atoms with Crippen molar-refractivity contribution in [2.75, 3.05) is 0 Å². The van der Waals surface area contributed by atoms with Crippen LogP contribution in [0.4, 0.5) is 0 Å². The number of esters is 1. The normalized spacial score (nSPS) is 11.9. The summed E-state index contributed by atoms with van der Waals surface area (Å²) < 4.78 is 7.19. The standard InChI is InChI=1S/C22H22ClN3O3/c1-15(2)20(25-21(27)17-6-8-18(23)9-7-17)22(28)29-14-16-4-10-19(11-5-16)26-13-3-12-24-26/h3-13,15,20H,14H2,1-2H3,(H,25,27)/t20-/m0/s1. The van der Waals surface area contributed by atoms with E-state index in [1.807, 2.05) is 50.4 Å². The molecule has 0 saturated carbocycles. The average molecular weight is 412 g/mol. The first-order valence-electron chi connectivity index (χ1n) is 9.26. The van der Waals surface area contributed by atoms with Crippen molar-refractivity contribution in [2.24, 2.45) is 5.92 Å². The van der Waals surface area contributed by atoms with Crippen molar-refractivity contribution >= 4 is 23.5 Å². The quantitative estimate of drug-likeness (QED) is 0.596. The summed E-state index contributed by atoms with van der Waals surface area (Å²) >= 11 is 5.85. The van der Waals surface area contributed by atoms with Gasteiger partial charge in [-0.15, -0.1) is 0 Å². The Labute approximate surface area is 174 Å². The Morgan fingerprint density at radius 2 is 1.79 bits per heavy atom. The number of halogens is 1. The molecule has 1 amide bonds. The van der Waals surface area contributed by atoms with Gasteiger partial charge in [0.25, 0.3) is 5.91 Å². The predicted molar refractivity (Wildman–Crippen MR) is 111 cm³/mol. The van der Waals surface area contributed by atoms with Crippen molar-refractivity contribution in [2.45, 2.75) is 26.5 Å². The van der Waals surface area contributed by atoms with E-state index >= 15 is 0 Å². The molecule has 0 fully saturated rings. The van der Waals surface area contributed by atoms with E-state index in [2.05, 4.69) is 10.4 Å². The largest absolute Gasteiger partial charge is 0.459 e. The molecule has 6 nitrogen and oxygen atoms in total. The molecule has 0 radical (unpaired) electrons. The van der Waals surface area contributed by atoms with Gasteiger partial charge in [-0.05, 0) is 53.9 Å². The number of hydrogen-bond acceptors (Lipinski definition) is 4. The lowest BCUT2D eigenvalue weighted by atomic mass is 10.0. The van der Waals surface area contributed by atoms with E-state index in [-0.39, 0.29) is 18.4 Å². The van der Waals surface area contributed by atoms with Crippen molar-refractivity contribution in [1.82, 2.24) is 15.1 Å². The molecule has 0 aliphatic carbocycles. The first kappa shape index (κ1) is 20.6. The van der Waals surface area contributed by atoms with Gasteiger partial charge in [-0.25, -0.2) is 9.48 Å². The zero-order valence-corrected chi connectivity index (χ0v) is 17.0. The highest BCUT2D eigenvalue weighted by molar-refractivity contribution is 6.30. The fraction of sp³-hybridized carbons (Fsp3) is 0.227. The fourth-order valence-corrected chi connectivity index (χ4v) is 2.86. The Balaban J connectivity index is 1.59. The molecule has 7 heteroatoms. The van der Waals surface area contributed by atoms with Gasteiger partial charge in [0.15, 0.2) is 0 Å². The lowest BCUT2D eigenvalue weighted by molar-refractivity contribution is -0.148. The lowest BCUT2D eigenvalue weighted by Crippen LogP contribution is -2.45. The second kappa shape index (κ2) is 9.39. The van der Waals surface area contributed by atoms with Gasteiger partial charge in [0.2, 0.25) is 0 Å². The van der Waals surface area contributed by atoms with Crippen LogP contribution in [0.25, 0.3) is 5.69 Å². The van der Waals surface area contributed by atoms with Gasteiger partial charge in [0.1, 0.15) is 12.6 Å². The molecular formula is C22H22ClN3O3. The molecule has 1 aromatic heterocycles. The van der Waals surface area contributed by atoms with E-state index in [0.717, 1.165) is 11.3 Å². The van der Waals surface area contributed by atoms with Crippen LogP contribution in [0, 0.1) is 5.92 Å². The maximum absolute atomic E-state index is 12.6. The van der Waals surface area contributed by atoms with Crippen molar-refractivity contribution in [3.05, 3.63) is 83.1 Å². The number of rotatable bonds is 7. The monoisotopic (exact) mass is 411 g/mol. The van der Waals surface area contributed by atoms with Crippen LogP contribution in [0.2, 0.25) is 5.02 Å². The molecule has 1 N–H and O–H groups in total. The molecule has 0 unspecified atom stereocenters. The van der Waals surface area contributed by atoms with Crippen LogP contribution in [-0.2, 0) is 16.1 Å². The maximum Gasteiger partial charge on any atom is 0.329 e. The third kappa shape index (κ3) is 5.45.